The molecule has 37 heavy (non-hydrogen) atoms. The minimum Gasteiger partial charge on any atom is -0.467 e. The van der Waals surface area contributed by atoms with Gasteiger partial charge in [-0.05, 0) is 43.2 Å². The summed E-state index contributed by atoms with van der Waals surface area (Å²) in [5.74, 6) is -0.344. The van der Waals surface area contributed by atoms with Gasteiger partial charge in [-0.15, -0.1) is 0 Å². The molecule has 14 heteroatoms. The molecular weight excluding hydrogens is 517 g/mol. The number of benzene rings is 1. The number of carbonyl (C=O) groups excluding carboxylic acids is 2. The molecule has 0 aliphatic heterocycles. The summed E-state index contributed by atoms with van der Waals surface area (Å²) >= 11 is 5.70. The first-order chi connectivity index (χ1) is 17.6. The van der Waals surface area contributed by atoms with Crippen LogP contribution in [-0.2, 0) is 17.5 Å². The highest BCUT2D eigenvalue weighted by molar-refractivity contribution is 6.30. The number of halogens is 4. The molecule has 0 spiro atoms. The van der Waals surface area contributed by atoms with Crippen molar-refractivity contribution in [2.24, 2.45) is 0 Å². The van der Waals surface area contributed by atoms with Gasteiger partial charge in [0.1, 0.15) is 5.54 Å². The molecular formula is C23H20ClF3N6O4. The quantitative estimate of drug-likeness (QED) is 0.390. The normalized spacial score (nSPS) is 13.9. The SMILES string of the molecule is COc1ncc(OC(=O)NC2(C(=O)NCc3ccc(Nc4ccc(Cl)cc4C(F)(F)F)cn3)CC2)cn1. The molecule has 10 nitrogen and oxygen atoms in total. The maximum Gasteiger partial charge on any atom is 0.418 e. The third-order valence-electron chi connectivity index (χ3n) is 5.34. The van der Waals surface area contributed by atoms with Gasteiger partial charge in [0.15, 0.2) is 5.75 Å². The van der Waals surface area contributed by atoms with E-state index in [1.165, 1.54) is 43.9 Å². The summed E-state index contributed by atoms with van der Waals surface area (Å²) in [6.07, 6.45) is -0.728. The van der Waals surface area contributed by atoms with E-state index in [-0.39, 0.29) is 29.0 Å². The van der Waals surface area contributed by atoms with Crippen LogP contribution in [0.5, 0.6) is 11.8 Å². The van der Waals surface area contributed by atoms with Crippen molar-refractivity contribution in [3.8, 4) is 11.8 Å². The molecule has 0 bridgehead atoms. The molecule has 1 aliphatic rings. The molecule has 3 aromatic rings. The molecule has 2 heterocycles. The molecule has 1 aliphatic carbocycles. The molecule has 194 valence electrons. The Morgan fingerprint density at radius 3 is 2.41 bits per heavy atom. The van der Waals surface area contributed by atoms with Crippen LogP contribution in [0.25, 0.3) is 0 Å². The van der Waals surface area contributed by atoms with Crippen LogP contribution in [0.3, 0.4) is 0 Å². The summed E-state index contributed by atoms with van der Waals surface area (Å²) < 4.78 is 49.8. The number of hydrogen-bond donors (Lipinski definition) is 3. The highest BCUT2D eigenvalue weighted by atomic mass is 35.5. The summed E-state index contributed by atoms with van der Waals surface area (Å²) in [5.41, 5.74) is -1.41. The zero-order valence-corrected chi connectivity index (χ0v) is 20.0. The van der Waals surface area contributed by atoms with Crippen molar-refractivity contribution in [1.82, 2.24) is 25.6 Å². The minimum absolute atomic E-state index is 0.0342. The number of alkyl halides is 3. The van der Waals surface area contributed by atoms with E-state index in [4.69, 9.17) is 21.1 Å². The van der Waals surface area contributed by atoms with Gasteiger partial charge in [0.05, 0.1) is 54.9 Å². The van der Waals surface area contributed by atoms with E-state index < -0.39 is 29.3 Å². The van der Waals surface area contributed by atoms with E-state index in [0.29, 0.717) is 24.2 Å². The predicted octanol–water partition coefficient (Wildman–Crippen LogP) is 4.23. The number of aromatic nitrogens is 3. The lowest BCUT2D eigenvalue weighted by atomic mass is 10.1. The van der Waals surface area contributed by atoms with E-state index >= 15 is 0 Å². The second-order valence-corrected chi connectivity index (χ2v) is 8.47. The summed E-state index contributed by atoms with van der Waals surface area (Å²) in [7, 11) is 1.40. The van der Waals surface area contributed by atoms with E-state index in [1.54, 1.807) is 6.07 Å². The van der Waals surface area contributed by atoms with Gasteiger partial charge in [0.25, 0.3) is 0 Å². The Labute approximate surface area is 213 Å². The van der Waals surface area contributed by atoms with Crippen LogP contribution >= 0.6 is 11.6 Å². The first kappa shape index (κ1) is 25.9. The maximum absolute atomic E-state index is 13.3. The number of rotatable bonds is 8. The standard InChI is InChI=1S/C23H20ClF3N6O4/c1-36-20-30-11-16(12-31-20)37-21(35)33-22(6-7-22)19(34)29-9-14-3-4-15(10-28-14)32-18-5-2-13(24)8-17(18)23(25,26)27/h2-5,8,10-12,32H,6-7,9H2,1H3,(H,29,34)(H,33,35). The van der Waals surface area contributed by atoms with Crippen LogP contribution in [0.2, 0.25) is 5.02 Å². The van der Waals surface area contributed by atoms with Gasteiger partial charge >= 0.3 is 18.3 Å². The van der Waals surface area contributed by atoms with Gasteiger partial charge < -0.3 is 25.4 Å². The Morgan fingerprint density at radius 1 is 1.08 bits per heavy atom. The van der Waals surface area contributed by atoms with Gasteiger partial charge in [-0.25, -0.2) is 4.79 Å². The summed E-state index contributed by atoms with van der Waals surface area (Å²) in [4.78, 5) is 36.7. The third kappa shape index (κ3) is 6.55. The molecule has 2 amide bonds. The van der Waals surface area contributed by atoms with E-state index in [1.807, 2.05) is 0 Å². The molecule has 0 unspecified atom stereocenters. The van der Waals surface area contributed by atoms with Crippen molar-refractivity contribution >= 4 is 35.0 Å². The van der Waals surface area contributed by atoms with E-state index in [9.17, 15) is 22.8 Å². The van der Waals surface area contributed by atoms with Crippen LogP contribution in [0.4, 0.5) is 29.3 Å². The topological polar surface area (TPSA) is 127 Å². The van der Waals surface area contributed by atoms with Crippen LogP contribution < -0.4 is 25.4 Å². The van der Waals surface area contributed by atoms with E-state index in [0.717, 1.165) is 6.07 Å². The summed E-state index contributed by atoms with van der Waals surface area (Å²) in [6, 6.07) is 6.61. The Morgan fingerprint density at radius 2 is 1.81 bits per heavy atom. The molecule has 3 N–H and O–H groups in total. The molecule has 0 saturated heterocycles. The number of carbonyl (C=O) groups is 2. The third-order valence-corrected chi connectivity index (χ3v) is 5.58. The fraction of sp³-hybridized carbons (Fsp3) is 0.261. The lowest BCUT2D eigenvalue weighted by Crippen LogP contribution is -2.49. The summed E-state index contributed by atoms with van der Waals surface area (Å²) in [5, 5.41) is 7.88. The number of ether oxygens (including phenoxy) is 2. The number of methoxy groups -OCH3 is 1. The van der Waals surface area contributed by atoms with Crippen molar-refractivity contribution in [3.05, 3.63) is 65.2 Å². The van der Waals surface area contributed by atoms with Crippen LogP contribution in [0.15, 0.2) is 48.9 Å². The van der Waals surface area contributed by atoms with Crippen molar-refractivity contribution in [3.63, 3.8) is 0 Å². The number of nitrogens with zero attached hydrogens (tertiary/aromatic N) is 3. The average molecular weight is 537 g/mol. The Balaban J connectivity index is 1.30. The first-order valence-corrected chi connectivity index (χ1v) is 11.2. The van der Waals surface area contributed by atoms with Crippen molar-refractivity contribution in [1.29, 1.82) is 0 Å². The van der Waals surface area contributed by atoms with Gasteiger partial charge in [0.2, 0.25) is 5.91 Å². The zero-order valence-electron chi connectivity index (χ0n) is 19.2. The van der Waals surface area contributed by atoms with Gasteiger partial charge in [-0.3, -0.25) is 9.78 Å². The van der Waals surface area contributed by atoms with Crippen LogP contribution in [0, 0.1) is 0 Å². The van der Waals surface area contributed by atoms with Crippen LogP contribution in [0.1, 0.15) is 24.1 Å². The molecule has 2 aromatic heterocycles. The van der Waals surface area contributed by atoms with Gasteiger partial charge in [0, 0.05) is 5.02 Å². The molecule has 1 saturated carbocycles. The largest absolute Gasteiger partial charge is 0.467 e. The van der Waals surface area contributed by atoms with Gasteiger partial charge in [-0.2, -0.15) is 23.1 Å². The molecule has 4 rings (SSSR count). The first-order valence-electron chi connectivity index (χ1n) is 10.8. The lowest BCUT2D eigenvalue weighted by molar-refractivity contribution is -0.137. The van der Waals surface area contributed by atoms with Gasteiger partial charge in [-0.1, -0.05) is 11.6 Å². The molecule has 1 aromatic carbocycles. The predicted molar refractivity (Wildman–Crippen MR) is 126 cm³/mol. The second-order valence-electron chi connectivity index (χ2n) is 8.04. The smallest absolute Gasteiger partial charge is 0.418 e. The molecule has 0 radical (unpaired) electrons. The Hall–Kier alpha value is -4.13. The number of anilines is 2. The van der Waals surface area contributed by atoms with Crippen molar-refractivity contribution < 1.29 is 32.2 Å². The Kier molecular flexibility index (Phi) is 7.34. The average Bonchev–Trinajstić information content (AvgIpc) is 3.64. The Bertz CT molecular complexity index is 1290. The number of amides is 2. The molecule has 0 atom stereocenters. The number of pyridine rings is 1. The minimum atomic E-state index is -4.59. The van der Waals surface area contributed by atoms with Crippen molar-refractivity contribution in [2.75, 3.05) is 12.4 Å². The zero-order chi connectivity index (χ0) is 26.6. The van der Waals surface area contributed by atoms with Crippen molar-refractivity contribution in [2.45, 2.75) is 31.1 Å². The highest BCUT2D eigenvalue weighted by Gasteiger charge is 2.51. The second kappa shape index (κ2) is 10.5. The fourth-order valence-corrected chi connectivity index (χ4v) is 3.45. The monoisotopic (exact) mass is 536 g/mol. The summed E-state index contributed by atoms with van der Waals surface area (Å²) in [6.45, 7) is 0.0403. The van der Waals surface area contributed by atoms with E-state index in [2.05, 4.69) is 30.9 Å². The lowest BCUT2D eigenvalue weighted by Gasteiger charge is -2.17. The highest BCUT2D eigenvalue weighted by Crippen LogP contribution is 2.38. The number of nitrogens with one attached hydrogen (secondary N) is 3. The molecule has 1 fully saturated rings. The van der Waals surface area contributed by atoms with Crippen LogP contribution in [-0.4, -0.2) is 39.6 Å². The fourth-order valence-electron chi connectivity index (χ4n) is 3.28. The number of hydrogen-bond acceptors (Lipinski definition) is 8. The maximum atomic E-state index is 13.3.